The van der Waals surface area contributed by atoms with Gasteiger partial charge in [0.1, 0.15) is 0 Å². The van der Waals surface area contributed by atoms with Gasteiger partial charge in [-0.2, -0.15) is 0 Å². The number of carbonyl (C=O) groups is 1. The summed E-state index contributed by atoms with van der Waals surface area (Å²) >= 11 is 0. The Morgan fingerprint density at radius 2 is 2.31 bits per heavy atom. The van der Waals surface area contributed by atoms with Crippen LogP contribution in [0.1, 0.15) is 0 Å². The largest absolute Gasteiger partial charge is 0.465 e. The molecule has 0 radical (unpaired) electrons. The van der Waals surface area contributed by atoms with E-state index in [0.29, 0.717) is 13.1 Å². The smallest absolute Gasteiger partial charge is 0.412 e. The summed E-state index contributed by atoms with van der Waals surface area (Å²) in [5.41, 5.74) is 0. The molecule has 0 saturated heterocycles. The molecule has 6 nitrogen and oxygen atoms in total. The maximum atomic E-state index is 10.0. The first-order chi connectivity index (χ1) is 6.30. The van der Waals surface area contributed by atoms with Gasteiger partial charge in [0.05, 0.1) is 25.8 Å². The van der Waals surface area contributed by atoms with Crippen molar-refractivity contribution in [3.05, 3.63) is 0 Å². The molecule has 0 saturated carbocycles. The number of rotatable bonds is 0. The van der Waals surface area contributed by atoms with Crippen LogP contribution in [0.25, 0.3) is 0 Å². The number of hydrogen-bond acceptors (Lipinski definition) is 4. The topological polar surface area (TPSA) is 77.3 Å². The molecule has 2 heterocycles. The average Bonchev–Trinajstić information content (AvgIpc) is 2.82. The molecule has 0 unspecified atom stereocenters. The van der Waals surface area contributed by atoms with Crippen molar-refractivity contribution in [3.63, 3.8) is 0 Å². The van der Waals surface area contributed by atoms with Gasteiger partial charge >= 0.3 is 6.09 Å². The summed E-state index contributed by atoms with van der Waals surface area (Å²) in [4.78, 5) is 18.7. The van der Waals surface area contributed by atoms with Crippen LogP contribution in [0, 0.1) is 0 Å². The van der Waals surface area contributed by atoms with Gasteiger partial charge < -0.3 is 10.4 Å². The SMILES string of the molecule is C1=NCCN1.O=C(O)N1C=NCC1. The first kappa shape index (κ1) is 9.50. The molecule has 2 aliphatic heterocycles. The maximum Gasteiger partial charge on any atom is 0.412 e. The molecule has 2 rings (SSSR count). The van der Waals surface area contributed by atoms with Crippen LogP contribution < -0.4 is 5.32 Å². The van der Waals surface area contributed by atoms with Crippen molar-refractivity contribution in [1.82, 2.24) is 10.2 Å². The van der Waals surface area contributed by atoms with Crippen LogP contribution in [0.15, 0.2) is 9.98 Å². The summed E-state index contributed by atoms with van der Waals surface area (Å²) in [7, 11) is 0. The Morgan fingerprint density at radius 3 is 2.54 bits per heavy atom. The normalized spacial score (nSPS) is 18.0. The van der Waals surface area contributed by atoms with E-state index in [1.807, 2.05) is 0 Å². The number of carboxylic acid groups (broad SMARTS) is 1. The minimum Gasteiger partial charge on any atom is -0.465 e. The third-order valence-corrected chi connectivity index (χ3v) is 1.50. The second-order valence-corrected chi connectivity index (χ2v) is 2.49. The third kappa shape index (κ3) is 3.55. The molecule has 0 fully saturated rings. The van der Waals surface area contributed by atoms with Gasteiger partial charge in [-0.1, -0.05) is 0 Å². The minimum absolute atomic E-state index is 0.509. The van der Waals surface area contributed by atoms with Crippen molar-refractivity contribution in [2.45, 2.75) is 0 Å². The standard InChI is InChI=1S/C4H6N2O2.C3H6N2/c7-4(8)6-2-1-5-3-6;1-2-5-3-4-1/h3H,1-2H2,(H,7,8);3H,1-2H2,(H,4,5). The van der Waals surface area contributed by atoms with Crippen molar-refractivity contribution in [3.8, 4) is 0 Å². The zero-order chi connectivity index (χ0) is 9.52. The maximum absolute atomic E-state index is 10.0. The minimum atomic E-state index is -0.925. The first-order valence-electron chi connectivity index (χ1n) is 4.02. The Kier molecular flexibility index (Phi) is 3.74. The van der Waals surface area contributed by atoms with E-state index in [4.69, 9.17) is 5.11 Å². The molecule has 72 valence electrons. The third-order valence-electron chi connectivity index (χ3n) is 1.50. The Hall–Kier alpha value is -1.59. The number of nitrogens with zero attached hydrogens (tertiary/aromatic N) is 3. The van der Waals surface area contributed by atoms with Crippen molar-refractivity contribution >= 4 is 18.8 Å². The van der Waals surface area contributed by atoms with Crippen LogP contribution >= 0.6 is 0 Å². The van der Waals surface area contributed by atoms with E-state index >= 15 is 0 Å². The Morgan fingerprint density at radius 1 is 1.46 bits per heavy atom. The van der Waals surface area contributed by atoms with Crippen molar-refractivity contribution in [2.24, 2.45) is 9.98 Å². The van der Waals surface area contributed by atoms with Crippen LogP contribution in [-0.2, 0) is 0 Å². The van der Waals surface area contributed by atoms with Gasteiger partial charge in [-0.3, -0.25) is 14.9 Å². The zero-order valence-corrected chi connectivity index (χ0v) is 7.18. The summed E-state index contributed by atoms with van der Waals surface area (Å²) < 4.78 is 0. The van der Waals surface area contributed by atoms with Crippen LogP contribution in [-0.4, -0.2) is 55.0 Å². The van der Waals surface area contributed by atoms with Crippen LogP contribution in [0.5, 0.6) is 0 Å². The van der Waals surface area contributed by atoms with Crippen LogP contribution in [0.3, 0.4) is 0 Å². The van der Waals surface area contributed by atoms with Gasteiger partial charge in [-0.05, 0) is 0 Å². The second-order valence-electron chi connectivity index (χ2n) is 2.49. The van der Waals surface area contributed by atoms with Gasteiger partial charge in [0.25, 0.3) is 0 Å². The van der Waals surface area contributed by atoms with E-state index in [9.17, 15) is 4.79 Å². The van der Waals surface area contributed by atoms with Crippen molar-refractivity contribution < 1.29 is 9.90 Å². The quantitative estimate of drug-likeness (QED) is 0.539. The van der Waals surface area contributed by atoms with Gasteiger partial charge in [-0.15, -0.1) is 0 Å². The summed E-state index contributed by atoms with van der Waals surface area (Å²) in [6.45, 7) is 3.10. The molecule has 0 aromatic heterocycles. The molecular formula is C7H12N4O2. The predicted molar refractivity (Wildman–Crippen MR) is 49.5 cm³/mol. The predicted octanol–water partition coefficient (Wildman–Crippen LogP) is -0.374. The lowest BCUT2D eigenvalue weighted by atomic mass is 10.6. The van der Waals surface area contributed by atoms with E-state index in [-0.39, 0.29) is 0 Å². The van der Waals surface area contributed by atoms with E-state index < -0.39 is 6.09 Å². The molecular weight excluding hydrogens is 172 g/mol. The lowest BCUT2D eigenvalue weighted by Gasteiger charge is -2.02. The van der Waals surface area contributed by atoms with E-state index in [1.165, 1.54) is 6.34 Å². The fourth-order valence-electron chi connectivity index (χ4n) is 0.847. The monoisotopic (exact) mass is 184 g/mol. The van der Waals surface area contributed by atoms with Crippen LogP contribution in [0.2, 0.25) is 0 Å². The van der Waals surface area contributed by atoms with E-state index in [0.717, 1.165) is 18.0 Å². The summed E-state index contributed by atoms with van der Waals surface area (Å²) in [5.74, 6) is 0. The van der Waals surface area contributed by atoms with Gasteiger partial charge in [0.2, 0.25) is 0 Å². The summed E-state index contributed by atoms with van der Waals surface area (Å²) in [6, 6.07) is 0. The highest BCUT2D eigenvalue weighted by Crippen LogP contribution is 1.91. The highest BCUT2D eigenvalue weighted by Gasteiger charge is 2.10. The van der Waals surface area contributed by atoms with E-state index in [2.05, 4.69) is 15.3 Å². The molecule has 0 aliphatic carbocycles. The lowest BCUT2D eigenvalue weighted by Crippen LogP contribution is -2.25. The molecule has 2 aliphatic rings. The molecule has 0 aromatic rings. The zero-order valence-electron chi connectivity index (χ0n) is 7.18. The molecule has 2 N–H and O–H groups in total. The molecule has 6 heteroatoms. The number of nitrogens with one attached hydrogen (secondary N) is 1. The summed E-state index contributed by atoms with van der Waals surface area (Å²) in [5, 5.41) is 11.2. The van der Waals surface area contributed by atoms with Crippen LogP contribution in [0.4, 0.5) is 4.79 Å². The van der Waals surface area contributed by atoms with Crippen molar-refractivity contribution in [1.29, 1.82) is 0 Å². The van der Waals surface area contributed by atoms with E-state index in [1.54, 1.807) is 6.34 Å². The number of aliphatic imine (C=N–C) groups is 2. The summed E-state index contributed by atoms with van der Waals surface area (Å²) in [6.07, 6.45) is 2.15. The number of amides is 1. The van der Waals surface area contributed by atoms with Crippen molar-refractivity contribution in [2.75, 3.05) is 26.2 Å². The van der Waals surface area contributed by atoms with Gasteiger partial charge in [-0.25, -0.2) is 4.79 Å². The fourth-order valence-corrected chi connectivity index (χ4v) is 0.847. The highest BCUT2D eigenvalue weighted by atomic mass is 16.4. The average molecular weight is 184 g/mol. The first-order valence-corrected chi connectivity index (χ1v) is 4.02. The van der Waals surface area contributed by atoms with Gasteiger partial charge in [0.15, 0.2) is 0 Å². The van der Waals surface area contributed by atoms with Gasteiger partial charge in [0, 0.05) is 13.1 Å². The lowest BCUT2D eigenvalue weighted by molar-refractivity contribution is 0.173. The Balaban J connectivity index is 0.000000145. The highest BCUT2D eigenvalue weighted by molar-refractivity contribution is 5.81. The number of hydrogen-bond donors (Lipinski definition) is 2. The fraction of sp³-hybridized carbons (Fsp3) is 0.571. The Labute approximate surface area is 76.0 Å². The molecule has 0 aromatic carbocycles. The molecule has 0 spiro atoms. The molecule has 13 heavy (non-hydrogen) atoms. The Bertz CT molecular complexity index is 221. The second kappa shape index (κ2) is 5.13. The molecule has 1 amide bonds. The molecule has 0 bridgehead atoms. The molecule has 0 atom stereocenters.